The molecule has 0 radical (unpaired) electrons. The Morgan fingerprint density at radius 3 is 2.50 bits per heavy atom. The number of unbranched alkanes of at least 4 members (excludes halogenated alkanes) is 1. The highest BCUT2D eigenvalue weighted by molar-refractivity contribution is 5.26. The van der Waals surface area contributed by atoms with Crippen LogP contribution in [0.25, 0.3) is 0 Å². The predicted molar refractivity (Wildman–Crippen MR) is 38.7 cm³/mol. The Balaban J connectivity index is 3.56. The Morgan fingerprint density at radius 1 is 1.30 bits per heavy atom. The van der Waals surface area contributed by atoms with E-state index in [0.29, 0.717) is 0 Å². The molecule has 0 aliphatic rings. The molecule has 0 aromatic carbocycles. The molecule has 0 atom stereocenters. The molecular weight excluding hydrogens is 128 g/mol. The molecule has 0 spiro atoms. The van der Waals surface area contributed by atoms with E-state index in [9.17, 15) is 0 Å². The van der Waals surface area contributed by atoms with Crippen molar-refractivity contribution in [2.75, 3.05) is 0 Å². The molecule has 0 aliphatic carbocycles. The summed E-state index contributed by atoms with van der Waals surface area (Å²) in [7, 11) is 0. The van der Waals surface area contributed by atoms with Gasteiger partial charge in [0.15, 0.2) is 0 Å². The first-order valence-corrected chi connectivity index (χ1v) is 3.12. The lowest BCUT2D eigenvalue weighted by Gasteiger charge is -1.82. The summed E-state index contributed by atoms with van der Waals surface area (Å²) >= 11 is 0. The lowest BCUT2D eigenvalue weighted by atomic mass is 10.3. The second-order valence-electron chi connectivity index (χ2n) is 1.69. The van der Waals surface area contributed by atoms with E-state index in [1.807, 2.05) is 6.92 Å². The second-order valence-corrected chi connectivity index (χ2v) is 1.69. The fraction of sp³-hybridized carbons (Fsp3) is 0.500. The van der Waals surface area contributed by atoms with Crippen molar-refractivity contribution in [3.8, 4) is 23.7 Å². The van der Waals surface area contributed by atoms with Gasteiger partial charge in [0.1, 0.15) is 0 Å². The van der Waals surface area contributed by atoms with Crippen LogP contribution in [0, 0.1) is 23.7 Å². The first-order valence-electron chi connectivity index (χ1n) is 3.12. The zero-order valence-corrected chi connectivity index (χ0v) is 5.89. The Bertz CT molecular complexity index is 185. The Kier molecular flexibility index (Phi) is 5.57. The van der Waals surface area contributed by atoms with Gasteiger partial charge in [0.25, 0.3) is 0 Å². The van der Waals surface area contributed by atoms with Crippen molar-refractivity contribution < 1.29 is 10.2 Å². The quantitative estimate of drug-likeness (QED) is 0.398. The number of rotatable bonds is 1. The van der Waals surface area contributed by atoms with E-state index in [2.05, 4.69) is 23.7 Å². The number of hydrogen-bond acceptors (Lipinski definition) is 2. The Labute approximate surface area is 60.9 Å². The van der Waals surface area contributed by atoms with Crippen LogP contribution in [0.15, 0.2) is 0 Å². The van der Waals surface area contributed by atoms with Crippen LogP contribution in [-0.4, -0.2) is 16.5 Å². The van der Waals surface area contributed by atoms with Gasteiger partial charge in [0, 0.05) is 6.42 Å². The highest BCUT2D eigenvalue weighted by Crippen LogP contribution is 1.79. The van der Waals surface area contributed by atoms with Crippen LogP contribution in [0.4, 0.5) is 0 Å². The number of hydrogen-bond donors (Lipinski definition) is 2. The van der Waals surface area contributed by atoms with Gasteiger partial charge in [-0.2, -0.15) is 0 Å². The Morgan fingerprint density at radius 2 is 2.00 bits per heavy atom. The number of aliphatic hydroxyl groups excluding tert-OH is 1. The summed E-state index contributed by atoms with van der Waals surface area (Å²) in [5, 5.41) is 16.4. The number of aliphatic hydroxyl groups is 2. The molecule has 54 valence electrons. The van der Waals surface area contributed by atoms with Crippen LogP contribution >= 0.6 is 0 Å². The third-order valence-electron chi connectivity index (χ3n) is 0.727. The molecule has 0 amide bonds. The first-order chi connectivity index (χ1) is 4.77. The highest BCUT2D eigenvalue weighted by atomic mass is 16.5. The normalized spacial score (nSPS) is 7.60. The summed E-state index contributed by atoms with van der Waals surface area (Å²) in [4.78, 5) is 0. The van der Waals surface area contributed by atoms with Crippen molar-refractivity contribution in [2.45, 2.75) is 26.1 Å². The molecule has 0 aromatic heterocycles. The molecule has 2 heteroatoms. The summed E-state index contributed by atoms with van der Waals surface area (Å²) in [6.07, 6.45) is 0.239. The maximum absolute atomic E-state index is 8.22. The standard InChI is InChI=1S/C8H10O2/c1-2-3-4-5-6-7-8(9)10/h8-10H,2-3H2,1H3. The fourth-order valence-electron chi connectivity index (χ4n) is 0.332. The van der Waals surface area contributed by atoms with Gasteiger partial charge in [-0.15, -0.1) is 0 Å². The highest BCUT2D eigenvalue weighted by Gasteiger charge is 1.80. The molecule has 2 nitrogen and oxygen atoms in total. The molecule has 0 rings (SSSR count). The summed E-state index contributed by atoms with van der Waals surface area (Å²) in [5.74, 6) is 9.63. The zero-order valence-electron chi connectivity index (χ0n) is 5.89. The smallest absolute Gasteiger partial charge is 0.218 e. The van der Waals surface area contributed by atoms with E-state index in [-0.39, 0.29) is 0 Å². The van der Waals surface area contributed by atoms with Crippen molar-refractivity contribution in [3.63, 3.8) is 0 Å². The molecule has 0 bridgehead atoms. The van der Waals surface area contributed by atoms with Gasteiger partial charge in [-0.3, -0.25) is 0 Å². The average Bonchev–Trinajstić information content (AvgIpc) is 1.87. The summed E-state index contributed by atoms with van der Waals surface area (Å²) in [5.41, 5.74) is 0. The zero-order chi connectivity index (χ0) is 7.82. The minimum atomic E-state index is -1.56. The van der Waals surface area contributed by atoms with E-state index in [1.54, 1.807) is 0 Å². The van der Waals surface area contributed by atoms with Crippen LogP contribution in [0.2, 0.25) is 0 Å². The molecule has 0 aromatic rings. The lowest BCUT2D eigenvalue weighted by Crippen LogP contribution is -1.97. The Hall–Kier alpha value is -0.960. The van der Waals surface area contributed by atoms with Gasteiger partial charge in [0.05, 0.1) is 0 Å². The molecule has 0 aliphatic heterocycles. The molecule has 0 saturated carbocycles. The summed E-state index contributed by atoms with van der Waals surface area (Å²) in [6, 6.07) is 0. The maximum atomic E-state index is 8.22. The molecule has 2 N–H and O–H groups in total. The summed E-state index contributed by atoms with van der Waals surface area (Å²) < 4.78 is 0. The van der Waals surface area contributed by atoms with Crippen molar-refractivity contribution >= 4 is 0 Å². The van der Waals surface area contributed by atoms with Crippen LogP contribution in [-0.2, 0) is 0 Å². The third kappa shape index (κ3) is 7.04. The molecular formula is C8H10O2. The minimum Gasteiger partial charge on any atom is -0.358 e. The van der Waals surface area contributed by atoms with Crippen LogP contribution in [0.5, 0.6) is 0 Å². The maximum Gasteiger partial charge on any atom is 0.218 e. The van der Waals surface area contributed by atoms with Crippen molar-refractivity contribution in [3.05, 3.63) is 0 Å². The van der Waals surface area contributed by atoms with Crippen molar-refractivity contribution in [1.29, 1.82) is 0 Å². The van der Waals surface area contributed by atoms with Gasteiger partial charge in [-0.05, 0) is 24.2 Å². The average molecular weight is 138 g/mol. The van der Waals surface area contributed by atoms with Crippen molar-refractivity contribution in [2.24, 2.45) is 0 Å². The fourth-order valence-corrected chi connectivity index (χ4v) is 0.332. The van der Waals surface area contributed by atoms with Gasteiger partial charge in [-0.25, -0.2) is 0 Å². The van der Waals surface area contributed by atoms with Crippen molar-refractivity contribution in [1.82, 2.24) is 0 Å². The van der Waals surface area contributed by atoms with E-state index in [4.69, 9.17) is 10.2 Å². The van der Waals surface area contributed by atoms with Gasteiger partial charge < -0.3 is 10.2 Å². The SMILES string of the molecule is CCCC#CC#CC(O)O. The largest absolute Gasteiger partial charge is 0.358 e. The van der Waals surface area contributed by atoms with E-state index < -0.39 is 6.29 Å². The van der Waals surface area contributed by atoms with Crippen LogP contribution in [0.3, 0.4) is 0 Å². The first kappa shape index (κ1) is 9.04. The second kappa shape index (κ2) is 6.16. The lowest BCUT2D eigenvalue weighted by molar-refractivity contribution is 0.0108. The monoisotopic (exact) mass is 138 g/mol. The predicted octanol–water partition coefficient (Wildman–Crippen LogP) is 0.104. The summed E-state index contributed by atoms with van der Waals surface area (Å²) in [6.45, 7) is 2.02. The molecule has 0 unspecified atom stereocenters. The van der Waals surface area contributed by atoms with E-state index in [0.717, 1.165) is 12.8 Å². The molecule has 10 heavy (non-hydrogen) atoms. The molecule has 0 saturated heterocycles. The van der Waals surface area contributed by atoms with Gasteiger partial charge in [-0.1, -0.05) is 12.8 Å². The van der Waals surface area contributed by atoms with E-state index in [1.165, 1.54) is 0 Å². The van der Waals surface area contributed by atoms with Crippen LogP contribution in [0.1, 0.15) is 19.8 Å². The molecule has 0 heterocycles. The minimum absolute atomic E-state index is 0.802. The van der Waals surface area contributed by atoms with Gasteiger partial charge in [0.2, 0.25) is 6.29 Å². The topological polar surface area (TPSA) is 40.5 Å². The third-order valence-corrected chi connectivity index (χ3v) is 0.727. The van der Waals surface area contributed by atoms with Crippen LogP contribution < -0.4 is 0 Å². The molecule has 0 fully saturated rings. The van der Waals surface area contributed by atoms with Gasteiger partial charge >= 0.3 is 0 Å². The van der Waals surface area contributed by atoms with E-state index >= 15 is 0 Å².